The molecule has 0 aliphatic heterocycles. The number of nitro groups is 1. The first-order chi connectivity index (χ1) is 8.42. The van der Waals surface area contributed by atoms with Crippen molar-refractivity contribution in [2.75, 3.05) is 13.7 Å². The molecule has 0 fully saturated rings. The summed E-state index contributed by atoms with van der Waals surface area (Å²) in [5.41, 5.74) is 0.0644. The molecular weight excluding hydrogens is 248 g/mol. The number of carbonyl (C=O) groups is 1. The standard InChI is InChI=1S/C11H11F2NO4/c1-18-11(15)4-8(6-14(16)17)7-2-9(12)5-10(13)3-7/h2-3,5,8H,4,6H2,1H3. The summed E-state index contributed by atoms with van der Waals surface area (Å²) in [7, 11) is 1.14. The number of ether oxygens (including phenoxy) is 1. The Labute approximate surface area is 102 Å². The van der Waals surface area contributed by atoms with E-state index >= 15 is 0 Å². The summed E-state index contributed by atoms with van der Waals surface area (Å²) in [4.78, 5) is 21.0. The van der Waals surface area contributed by atoms with Crippen LogP contribution in [0.2, 0.25) is 0 Å². The SMILES string of the molecule is COC(=O)CC(C[N+](=O)[O-])c1cc(F)cc(F)c1. The quantitative estimate of drug-likeness (QED) is 0.460. The van der Waals surface area contributed by atoms with Crippen LogP contribution < -0.4 is 0 Å². The third-order valence-electron chi connectivity index (χ3n) is 2.37. The number of methoxy groups -OCH3 is 1. The number of hydrogen-bond donors (Lipinski definition) is 0. The summed E-state index contributed by atoms with van der Waals surface area (Å²) >= 11 is 0. The summed E-state index contributed by atoms with van der Waals surface area (Å²) in [6.45, 7) is -0.599. The van der Waals surface area contributed by atoms with Crippen LogP contribution in [0.4, 0.5) is 8.78 Å². The normalized spacial score (nSPS) is 11.9. The van der Waals surface area contributed by atoms with Gasteiger partial charge in [0.2, 0.25) is 6.54 Å². The van der Waals surface area contributed by atoms with Gasteiger partial charge in [0.15, 0.2) is 0 Å². The van der Waals surface area contributed by atoms with Gasteiger partial charge in [0.1, 0.15) is 11.6 Å². The molecule has 0 aliphatic carbocycles. The van der Waals surface area contributed by atoms with Crippen molar-refractivity contribution in [1.82, 2.24) is 0 Å². The molecule has 18 heavy (non-hydrogen) atoms. The molecule has 0 saturated heterocycles. The van der Waals surface area contributed by atoms with E-state index in [-0.39, 0.29) is 12.0 Å². The fourth-order valence-corrected chi connectivity index (χ4v) is 1.56. The highest BCUT2D eigenvalue weighted by Crippen LogP contribution is 2.22. The predicted octanol–water partition coefficient (Wildman–Crippen LogP) is 1.89. The second kappa shape index (κ2) is 6.04. The lowest BCUT2D eigenvalue weighted by atomic mass is 9.95. The van der Waals surface area contributed by atoms with E-state index in [2.05, 4.69) is 4.74 Å². The minimum Gasteiger partial charge on any atom is -0.469 e. The zero-order valence-electron chi connectivity index (χ0n) is 9.56. The number of esters is 1. The maximum atomic E-state index is 13.0. The van der Waals surface area contributed by atoms with Gasteiger partial charge in [-0.1, -0.05) is 0 Å². The molecule has 7 heteroatoms. The van der Waals surface area contributed by atoms with Crippen molar-refractivity contribution >= 4 is 5.97 Å². The third kappa shape index (κ3) is 4.08. The van der Waals surface area contributed by atoms with Crippen LogP contribution >= 0.6 is 0 Å². The third-order valence-corrected chi connectivity index (χ3v) is 2.37. The average Bonchev–Trinajstić information content (AvgIpc) is 2.26. The first-order valence-corrected chi connectivity index (χ1v) is 5.07. The molecule has 0 aliphatic rings. The zero-order chi connectivity index (χ0) is 13.7. The van der Waals surface area contributed by atoms with E-state index in [9.17, 15) is 23.7 Å². The van der Waals surface area contributed by atoms with Crippen molar-refractivity contribution in [3.63, 3.8) is 0 Å². The highest BCUT2D eigenvalue weighted by atomic mass is 19.1. The van der Waals surface area contributed by atoms with Crippen molar-refractivity contribution in [3.8, 4) is 0 Å². The van der Waals surface area contributed by atoms with E-state index in [1.54, 1.807) is 0 Å². The fourth-order valence-electron chi connectivity index (χ4n) is 1.56. The largest absolute Gasteiger partial charge is 0.469 e. The molecule has 1 rings (SSSR count). The molecule has 0 aromatic heterocycles. The van der Waals surface area contributed by atoms with Gasteiger partial charge < -0.3 is 4.74 Å². The van der Waals surface area contributed by atoms with Gasteiger partial charge in [-0.25, -0.2) is 8.78 Å². The lowest BCUT2D eigenvalue weighted by molar-refractivity contribution is -0.483. The topological polar surface area (TPSA) is 69.4 Å². The molecule has 0 amide bonds. The van der Waals surface area contributed by atoms with Gasteiger partial charge in [0.05, 0.1) is 19.4 Å². The molecule has 0 N–H and O–H groups in total. The van der Waals surface area contributed by atoms with E-state index in [0.717, 1.165) is 19.2 Å². The maximum absolute atomic E-state index is 13.0. The number of benzene rings is 1. The number of rotatable bonds is 5. The van der Waals surface area contributed by atoms with Crippen LogP contribution in [0.3, 0.4) is 0 Å². The van der Waals surface area contributed by atoms with E-state index in [1.165, 1.54) is 0 Å². The minimum absolute atomic E-state index is 0.0644. The Morgan fingerprint density at radius 1 is 1.39 bits per heavy atom. The monoisotopic (exact) mass is 259 g/mol. The van der Waals surface area contributed by atoms with Crippen molar-refractivity contribution in [3.05, 3.63) is 45.5 Å². The molecule has 0 saturated carbocycles. The Balaban J connectivity index is 3.00. The average molecular weight is 259 g/mol. The van der Waals surface area contributed by atoms with Crippen molar-refractivity contribution in [2.24, 2.45) is 0 Å². The van der Waals surface area contributed by atoms with Gasteiger partial charge in [-0.3, -0.25) is 14.9 Å². The maximum Gasteiger partial charge on any atom is 0.306 e. The summed E-state index contributed by atoms with van der Waals surface area (Å²) in [6, 6.07) is 2.60. The van der Waals surface area contributed by atoms with Crippen LogP contribution in [-0.4, -0.2) is 24.5 Å². The Morgan fingerprint density at radius 3 is 2.39 bits per heavy atom. The van der Waals surface area contributed by atoms with Crippen LogP contribution in [0, 0.1) is 21.7 Å². The zero-order valence-corrected chi connectivity index (χ0v) is 9.56. The van der Waals surface area contributed by atoms with Crippen molar-refractivity contribution in [2.45, 2.75) is 12.3 Å². The van der Waals surface area contributed by atoms with Crippen molar-refractivity contribution < 1.29 is 23.2 Å². The Bertz CT molecular complexity index is 444. The van der Waals surface area contributed by atoms with Gasteiger partial charge in [0, 0.05) is 11.0 Å². The van der Waals surface area contributed by atoms with Crippen LogP contribution in [0.1, 0.15) is 17.9 Å². The summed E-state index contributed by atoms with van der Waals surface area (Å²) in [6.07, 6.45) is -0.305. The van der Waals surface area contributed by atoms with E-state index in [1.807, 2.05) is 0 Å². The molecule has 5 nitrogen and oxygen atoms in total. The molecule has 1 unspecified atom stereocenters. The van der Waals surface area contributed by atoms with Crippen LogP contribution in [-0.2, 0) is 9.53 Å². The first-order valence-electron chi connectivity index (χ1n) is 5.07. The Hall–Kier alpha value is -2.05. The van der Waals surface area contributed by atoms with Gasteiger partial charge in [0.25, 0.3) is 0 Å². The minimum atomic E-state index is -0.919. The molecular formula is C11H11F2NO4. The Kier molecular flexibility index (Phi) is 4.70. The molecule has 0 heterocycles. The molecule has 1 aromatic carbocycles. The highest BCUT2D eigenvalue weighted by molar-refractivity contribution is 5.70. The molecule has 1 aromatic rings. The fraction of sp³-hybridized carbons (Fsp3) is 0.364. The van der Waals surface area contributed by atoms with E-state index in [0.29, 0.717) is 6.07 Å². The van der Waals surface area contributed by atoms with Gasteiger partial charge in [-0.15, -0.1) is 0 Å². The Morgan fingerprint density at radius 2 is 1.94 bits per heavy atom. The number of carbonyl (C=O) groups excluding carboxylic acids is 1. The van der Waals surface area contributed by atoms with E-state index in [4.69, 9.17) is 0 Å². The smallest absolute Gasteiger partial charge is 0.306 e. The molecule has 0 radical (unpaired) electrons. The molecule has 0 spiro atoms. The molecule has 1 atom stereocenters. The van der Waals surface area contributed by atoms with Crippen LogP contribution in [0.5, 0.6) is 0 Å². The van der Waals surface area contributed by atoms with Gasteiger partial charge >= 0.3 is 5.97 Å². The van der Waals surface area contributed by atoms with Crippen molar-refractivity contribution in [1.29, 1.82) is 0 Å². The highest BCUT2D eigenvalue weighted by Gasteiger charge is 2.23. The summed E-state index contributed by atoms with van der Waals surface area (Å²) in [5, 5.41) is 10.5. The van der Waals surface area contributed by atoms with Gasteiger partial charge in [-0.05, 0) is 17.7 Å². The molecule has 98 valence electrons. The predicted molar refractivity (Wildman–Crippen MR) is 57.6 cm³/mol. The lowest BCUT2D eigenvalue weighted by Gasteiger charge is -2.12. The summed E-state index contributed by atoms with van der Waals surface area (Å²) < 4.78 is 30.4. The number of halogens is 2. The number of hydrogen-bond acceptors (Lipinski definition) is 4. The molecule has 0 bridgehead atoms. The van der Waals surface area contributed by atoms with Crippen LogP contribution in [0.15, 0.2) is 18.2 Å². The lowest BCUT2D eigenvalue weighted by Crippen LogP contribution is -2.17. The summed E-state index contributed by atoms with van der Waals surface area (Å²) in [5.74, 6) is -3.28. The van der Waals surface area contributed by atoms with Gasteiger partial charge in [-0.2, -0.15) is 0 Å². The second-order valence-electron chi connectivity index (χ2n) is 3.70. The van der Waals surface area contributed by atoms with Crippen LogP contribution in [0.25, 0.3) is 0 Å². The number of nitrogens with zero attached hydrogens (tertiary/aromatic N) is 1. The first kappa shape index (κ1) is 14.0. The van der Waals surface area contributed by atoms with E-state index < -0.39 is 35.0 Å². The second-order valence-corrected chi connectivity index (χ2v) is 3.70.